The van der Waals surface area contributed by atoms with Crippen LogP contribution >= 0.6 is 0 Å². The van der Waals surface area contributed by atoms with Crippen LogP contribution in [0.5, 0.6) is 0 Å². The largest absolute Gasteiger partial charge is 0.330 e. The van der Waals surface area contributed by atoms with Crippen LogP contribution in [0.4, 0.5) is 0 Å². The third-order valence-electron chi connectivity index (χ3n) is 2.20. The van der Waals surface area contributed by atoms with E-state index in [0.29, 0.717) is 38.0 Å². The first-order valence-corrected chi connectivity index (χ1v) is 4.79. The average molecular weight is 189 g/mol. The summed E-state index contributed by atoms with van der Waals surface area (Å²) in [4.78, 5) is 0. The summed E-state index contributed by atoms with van der Waals surface area (Å²) in [6.07, 6.45) is 0. The van der Waals surface area contributed by atoms with Gasteiger partial charge in [0.05, 0.1) is 0 Å². The number of hydrogen-bond acceptors (Lipinski definition) is 5. The van der Waals surface area contributed by atoms with E-state index in [-0.39, 0.29) is 0 Å². The van der Waals surface area contributed by atoms with Gasteiger partial charge in [0.25, 0.3) is 0 Å². The van der Waals surface area contributed by atoms with E-state index in [1.54, 1.807) is 0 Å². The quantitative estimate of drug-likeness (QED) is 0.293. The highest BCUT2D eigenvalue weighted by Gasteiger charge is 2.06. The van der Waals surface area contributed by atoms with Crippen molar-refractivity contribution >= 4 is 0 Å². The standard InChI is InChI=1S/C8H23N5/c9-1-7(2-10)5-13-6-8(3-11)4-12/h7-8,13H,1-6,9-12H2. The zero-order valence-electron chi connectivity index (χ0n) is 8.21. The van der Waals surface area contributed by atoms with E-state index in [4.69, 9.17) is 22.9 Å². The summed E-state index contributed by atoms with van der Waals surface area (Å²) < 4.78 is 0. The van der Waals surface area contributed by atoms with Crippen LogP contribution in [-0.2, 0) is 0 Å². The summed E-state index contributed by atoms with van der Waals surface area (Å²) in [5.41, 5.74) is 22.0. The van der Waals surface area contributed by atoms with E-state index in [1.807, 2.05) is 0 Å². The molecule has 5 heteroatoms. The van der Waals surface area contributed by atoms with Gasteiger partial charge in [-0.05, 0) is 38.0 Å². The van der Waals surface area contributed by atoms with Crippen molar-refractivity contribution in [3.8, 4) is 0 Å². The highest BCUT2D eigenvalue weighted by atomic mass is 14.9. The molecule has 0 radical (unpaired) electrons. The fraction of sp³-hybridized carbons (Fsp3) is 1.00. The summed E-state index contributed by atoms with van der Waals surface area (Å²) in [5, 5.41) is 3.27. The molecule has 0 bridgehead atoms. The molecule has 0 aliphatic carbocycles. The molecule has 0 aliphatic heterocycles. The molecule has 0 amide bonds. The fourth-order valence-corrected chi connectivity index (χ4v) is 1.02. The van der Waals surface area contributed by atoms with Crippen molar-refractivity contribution in [3.63, 3.8) is 0 Å². The molecule has 0 fully saturated rings. The molecule has 0 unspecified atom stereocenters. The fourth-order valence-electron chi connectivity index (χ4n) is 1.02. The van der Waals surface area contributed by atoms with E-state index in [2.05, 4.69) is 5.32 Å². The minimum Gasteiger partial charge on any atom is -0.330 e. The Morgan fingerprint density at radius 3 is 1.23 bits per heavy atom. The molecule has 9 N–H and O–H groups in total. The predicted molar refractivity (Wildman–Crippen MR) is 56.1 cm³/mol. The van der Waals surface area contributed by atoms with Gasteiger partial charge in [0.1, 0.15) is 0 Å². The maximum atomic E-state index is 5.50. The maximum absolute atomic E-state index is 5.50. The molecule has 0 aromatic rings. The van der Waals surface area contributed by atoms with Crippen LogP contribution in [0, 0.1) is 11.8 Å². The lowest BCUT2D eigenvalue weighted by atomic mass is 10.1. The highest BCUT2D eigenvalue weighted by molar-refractivity contribution is 4.68. The summed E-state index contributed by atoms with van der Waals surface area (Å²) in [6.45, 7) is 4.20. The third kappa shape index (κ3) is 5.95. The molecule has 5 nitrogen and oxygen atoms in total. The first-order valence-electron chi connectivity index (χ1n) is 4.79. The van der Waals surface area contributed by atoms with Crippen LogP contribution in [0.25, 0.3) is 0 Å². The first kappa shape index (κ1) is 12.8. The van der Waals surface area contributed by atoms with Crippen molar-refractivity contribution in [1.29, 1.82) is 0 Å². The average Bonchev–Trinajstić information content (AvgIpc) is 2.19. The lowest BCUT2D eigenvalue weighted by Gasteiger charge is -2.16. The first-order chi connectivity index (χ1) is 6.28. The Labute approximate surface area is 80.2 Å². The summed E-state index contributed by atoms with van der Waals surface area (Å²) >= 11 is 0. The van der Waals surface area contributed by atoms with Crippen molar-refractivity contribution in [2.45, 2.75) is 0 Å². The zero-order chi connectivity index (χ0) is 10.1. The van der Waals surface area contributed by atoms with Crippen molar-refractivity contribution in [2.75, 3.05) is 39.3 Å². The smallest absolute Gasteiger partial charge is 0.000378 e. The normalized spacial score (nSPS) is 11.5. The molecular weight excluding hydrogens is 166 g/mol. The molecule has 13 heavy (non-hydrogen) atoms. The van der Waals surface area contributed by atoms with Gasteiger partial charge in [-0.15, -0.1) is 0 Å². The molecule has 0 spiro atoms. The number of hydrogen-bond donors (Lipinski definition) is 5. The number of nitrogens with two attached hydrogens (primary N) is 4. The van der Waals surface area contributed by atoms with Gasteiger partial charge in [0, 0.05) is 13.1 Å². The SMILES string of the molecule is NCC(CN)CNCC(CN)CN. The van der Waals surface area contributed by atoms with Gasteiger partial charge < -0.3 is 28.3 Å². The Bertz CT molecular complexity index is 88.7. The topological polar surface area (TPSA) is 116 Å². The monoisotopic (exact) mass is 189 g/mol. The molecule has 80 valence electrons. The summed E-state index contributed by atoms with van der Waals surface area (Å²) in [5.74, 6) is 0.715. The van der Waals surface area contributed by atoms with E-state index in [1.165, 1.54) is 0 Å². The van der Waals surface area contributed by atoms with E-state index < -0.39 is 0 Å². The number of rotatable bonds is 8. The Morgan fingerprint density at radius 1 is 0.692 bits per heavy atom. The Morgan fingerprint density at radius 2 is 1.00 bits per heavy atom. The molecule has 0 saturated heterocycles. The van der Waals surface area contributed by atoms with Gasteiger partial charge in [-0.3, -0.25) is 0 Å². The zero-order valence-corrected chi connectivity index (χ0v) is 8.21. The van der Waals surface area contributed by atoms with Gasteiger partial charge >= 0.3 is 0 Å². The van der Waals surface area contributed by atoms with Crippen LogP contribution in [0.1, 0.15) is 0 Å². The maximum Gasteiger partial charge on any atom is 0.000378 e. The van der Waals surface area contributed by atoms with Crippen LogP contribution in [-0.4, -0.2) is 39.3 Å². The molecule has 0 heterocycles. The minimum absolute atomic E-state index is 0.358. The molecule has 0 saturated carbocycles. The van der Waals surface area contributed by atoms with E-state index in [0.717, 1.165) is 13.1 Å². The molecular formula is C8H23N5. The molecule has 0 atom stereocenters. The molecule has 0 aromatic heterocycles. The van der Waals surface area contributed by atoms with Crippen molar-refractivity contribution in [1.82, 2.24) is 5.32 Å². The van der Waals surface area contributed by atoms with Crippen LogP contribution < -0.4 is 28.3 Å². The van der Waals surface area contributed by atoms with E-state index in [9.17, 15) is 0 Å². The van der Waals surface area contributed by atoms with Gasteiger partial charge in [-0.2, -0.15) is 0 Å². The second kappa shape index (κ2) is 8.40. The Hall–Kier alpha value is -0.200. The molecule has 0 aromatic carbocycles. The second-order valence-corrected chi connectivity index (χ2v) is 3.33. The highest BCUT2D eigenvalue weighted by Crippen LogP contribution is 1.90. The van der Waals surface area contributed by atoms with Crippen molar-refractivity contribution < 1.29 is 0 Å². The van der Waals surface area contributed by atoms with Gasteiger partial charge in [0.15, 0.2) is 0 Å². The second-order valence-electron chi connectivity index (χ2n) is 3.33. The van der Waals surface area contributed by atoms with Crippen molar-refractivity contribution in [3.05, 3.63) is 0 Å². The lowest BCUT2D eigenvalue weighted by molar-refractivity contribution is 0.440. The molecule has 0 aliphatic rings. The molecule has 0 rings (SSSR count). The number of nitrogens with one attached hydrogen (secondary N) is 1. The Balaban J connectivity index is 3.41. The summed E-state index contributed by atoms with van der Waals surface area (Å²) in [6, 6.07) is 0. The third-order valence-corrected chi connectivity index (χ3v) is 2.20. The minimum atomic E-state index is 0.358. The summed E-state index contributed by atoms with van der Waals surface area (Å²) in [7, 11) is 0. The Kier molecular flexibility index (Phi) is 8.27. The van der Waals surface area contributed by atoms with Crippen molar-refractivity contribution in [2.24, 2.45) is 34.8 Å². The predicted octanol–water partition coefficient (Wildman–Crippen LogP) is -2.36. The van der Waals surface area contributed by atoms with Crippen LogP contribution in [0.15, 0.2) is 0 Å². The lowest BCUT2D eigenvalue weighted by Crippen LogP contribution is -2.39. The van der Waals surface area contributed by atoms with Gasteiger partial charge in [-0.1, -0.05) is 0 Å². The van der Waals surface area contributed by atoms with Crippen LogP contribution in [0.3, 0.4) is 0 Å². The van der Waals surface area contributed by atoms with Crippen LogP contribution in [0.2, 0.25) is 0 Å². The van der Waals surface area contributed by atoms with Gasteiger partial charge in [-0.25, -0.2) is 0 Å². The van der Waals surface area contributed by atoms with Gasteiger partial charge in [0.2, 0.25) is 0 Å². The van der Waals surface area contributed by atoms with E-state index >= 15 is 0 Å².